The number of nitrogens with one attached hydrogen (secondary N) is 1. The van der Waals surface area contributed by atoms with E-state index in [1.54, 1.807) is 24.3 Å². The fraction of sp³-hybridized carbons (Fsp3) is 0.300. The second-order valence-electron chi connectivity index (χ2n) is 6.75. The Labute approximate surface area is 142 Å². The van der Waals surface area contributed by atoms with E-state index in [9.17, 15) is 9.59 Å². The molecule has 0 aliphatic heterocycles. The first-order valence-corrected chi connectivity index (χ1v) is 7.90. The normalized spacial score (nSPS) is 11.0. The van der Waals surface area contributed by atoms with Crippen LogP contribution in [0.25, 0.3) is 0 Å². The Morgan fingerprint density at radius 2 is 1.71 bits per heavy atom. The van der Waals surface area contributed by atoms with Crippen molar-refractivity contribution in [3.63, 3.8) is 0 Å². The van der Waals surface area contributed by atoms with Crippen LogP contribution in [-0.4, -0.2) is 18.3 Å². The van der Waals surface area contributed by atoms with E-state index in [1.165, 1.54) is 12.5 Å². The van der Waals surface area contributed by atoms with Crippen molar-refractivity contribution in [1.29, 1.82) is 0 Å². The molecule has 2 aromatic carbocycles. The molecule has 0 fully saturated rings. The Hall–Kier alpha value is -2.62. The van der Waals surface area contributed by atoms with Crippen LogP contribution >= 0.6 is 0 Å². The van der Waals surface area contributed by atoms with Crippen LogP contribution in [0.5, 0.6) is 5.75 Å². The minimum absolute atomic E-state index is 0.0405. The average Bonchev–Trinajstić information content (AvgIpc) is 2.53. The van der Waals surface area contributed by atoms with Gasteiger partial charge in [0.2, 0.25) is 0 Å². The summed E-state index contributed by atoms with van der Waals surface area (Å²) in [5, 5.41) is 2.73. The van der Waals surface area contributed by atoms with Crippen LogP contribution in [0.4, 0.5) is 5.69 Å². The molecule has 0 spiro atoms. The van der Waals surface area contributed by atoms with E-state index in [0.717, 1.165) is 0 Å². The summed E-state index contributed by atoms with van der Waals surface area (Å²) in [4.78, 5) is 23.3. The molecule has 1 amide bonds. The van der Waals surface area contributed by atoms with Crippen molar-refractivity contribution in [2.75, 3.05) is 11.9 Å². The Morgan fingerprint density at radius 3 is 2.29 bits per heavy atom. The molecule has 0 radical (unpaired) electrons. The largest absolute Gasteiger partial charge is 0.484 e. The summed E-state index contributed by atoms with van der Waals surface area (Å²) in [5.41, 5.74) is 2.43. The van der Waals surface area contributed by atoms with Crippen molar-refractivity contribution in [2.24, 2.45) is 0 Å². The lowest BCUT2D eigenvalue weighted by Gasteiger charge is -2.19. The molecule has 4 nitrogen and oxygen atoms in total. The maximum atomic E-state index is 12.0. The molecule has 0 aromatic heterocycles. The van der Waals surface area contributed by atoms with Crippen LogP contribution in [0.1, 0.15) is 43.6 Å². The Morgan fingerprint density at radius 1 is 1.04 bits per heavy atom. The predicted octanol–water partition coefficient (Wildman–Crippen LogP) is 4.20. The van der Waals surface area contributed by atoms with Gasteiger partial charge in [-0.05, 0) is 42.2 Å². The maximum Gasteiger partial charge on any atom is 0.262 e. The van der Waals surface area contributed by atoms with Crippen LogP contribution in [0.2, 0.25) is 0 Å². The molecule has 126 valence electrons. The molecule has 24 heavy (non-hydrogen) atoms. The Bertz CT molecular complexity index is 727. The molecule has 1 N–H and O–H groups in total. The molecule has 0 aliphatic carbocycles. The molecule has 0 heterocycles. The van der Waals surface area contributed by atoms with E-state index in [0.29, 0.717) is 17.0 Å². The van der Waals surface area contributed by atoms with E-state index in [-0.39, 0.29) is 23.7 Å². The van der Waals surface area contributed by atoms with Crippen molar-refractivity contribution in [3.05, 3.63) is 59.7 Å². The van der Waals surface area contributed by atoms with Gasteiger partial charge in [-0.3, -0.25) is 9.59 Å². The molecule has 0 unspecified atom stereocenters. The number of hydrogen-bond donors (Lipinski definition) is 1. The molecule has 4 heteroatoms. The van der Waals surface area contributed by atoms with Crippen LogP contribution in [-0.2, 0) is 10.2 Å². The standard InChI is InChI=1S/C20H23NO3/c1-14(22)15-6-5-7-17(12-15)21-19(23)13-24-18-10-8-16(9-11-18)20(2,3)4/h5-12H,13H2,1-4H3,(H,21,23). The van der Waals surface area contributed by atoms with Gasteiger partial charge in [0.1, 0.15) is 5.75 Å². The molecular weight excluding hydrogens is 302 g/mol. The molecule has 2 rings (SSSR count). The highest BCUT2D eigenvalue weighted by molar-refractivity contribution is 5.97. The predicted molar refractivity (Wildman–Crippen MR) is 95.7 cm³/mol. The van der Waals surface area contributed by atoms with Crippen molar-refractivity contribution in [1.82, 2.24) is 0 Å². The van der Waals surface area contributed by atoms with E-state index in [4.69, 9.17) is 4.74 Å². The van der Waals surface area contributed by atoms with E-state index in [2.05, 4.69) is 26.1 Å². The van der Waals surface area contributed by atoms with E-state index < -0.39 is 0 Å². The van der Waals surface area contributed by atoms with Gasteiger partial charge in [-0.2, -0.15) is 0 Å². The summed E-state index contributed by atoms with van der Waals surface area (Å²) in [7, 11) is 0. The van der Waals surface area contributed by atoms with Gasteiger partial charge < -0.3 is 10.1 Å². The number of carbonyl (C=O) groups excluding carboxylic acids is 2. The number of hydrogen-bond acceptors (Lipinski definition) is 3. The van der Waals surface area contributed by atoms with Gasteiger partial charge in [0, 0.05) is 11.3 Å². The zero-order valence-corrected chi connectivity index (χ0v) is 14.6. The molecule has 0 saturated heterocycles. The molecule has 0 aliphatic rings. The number of anilines is 1. The highest BCUT2D eigenvalue weighted by Crippen LogP contribution is 2.24. The van der Waals surface area contributed by atoms with Gasteiger partial charge in [0.05, 0.1) is 0 Å². The zero-order valence-electron chi connectivity index (χ0n) is 14.6. The summed E-state index contributed by atoms with van der Waals surface area (Å²) < 4.78 is 5.51. The monoisotopic (exact) mass is 325 g/mol. The third-order valence-electron chi connectivity index (χ3n) is 3.64. The van der Waals surface area contributed by atoms with Crippen LogP contribution in [0.15, 0.2) is 48.5 Å². The van der Waals surface area contributed by atoms with Crippen molar-refractivity contribution in [2.45, 2.75) is 33.1 Å². The molecule has 0 saturated carbocycles. The summed E-state index contributed by atoms with van der Waals surface area (Å²) in [6, 6.07) is 14.6. The van der Waals surface area contributed by atoms with Gasteiger partial charge in [-0.1, -0.05) is 45.0 Å². The highest BCUT2D eigenvalue weighted by atomic mass is 16.5. The van der Waals surface area contributed by atoms with E-state index in [1.807, 2.05) is 24.3 Å². The third kappa shape index (κ3) is 4.95. The average molecular weight is 325 g/mol. The number of Topliss-reactive ketones (excluding diaryl/α,β-unsaturated/α-hetero) is 1. The quantitative estimate of drug-likeness (QED) is 0.838. The maximum absolute atomic E-state index is 12.0. The van der Waals surface area contributed by atoms with Gasteiger partial charge in [0.15, 0.2) is 12.4 Å². The van der Waals surface area contributed by atoms with Crippen molar-refractivity contribution < 1.29 is 14.3 Å². The first-order chi connectivity index (χ1) is 11.3. The van der Waals surface area contributed by atoms with E-state index >= 15 is 0 Å². The van der Waals surface area contributed by atoms with Crippen molar-refractivity contribution >= 4 is 17.4 Å². The zero-order chi connectivity index (χ0) is 17.7. The van der Waals surface area contributed by atoms with Crippen LogP contribution in [0, 0.1) is 0 Å². The number of ether oxygens (including phenoxy) is 1. The summed E-state index contributed by atoms with van der Waals surface area (Å²) in [6.07, 6.45) is 0. The van der Waals surface area contributed by atoms with Crippen LogP contribution < -0.4 is 10.1 Å². The molecule has 0 bridgehead atoms. The summed E-state index contributed by atoms with van der Waals surface area (Å²) in [6.45, 7) is 7.84. The minimum atomic E-state index is -0.268. The van der Waals surface area contributed by atoms with Gasteiger partial charge in [0.25, 0.3) is 5.91 Å². The second-order valence-corrected chi connectivity index (χ2v) is 6.75. The SMILES string of the molecule is CC(=O)c1cccc(NC(=O)COc2ccc(C(C)(C)C)cc2)c1. The topological polar surface area (TPSA) is 55.4 Å². The number of benzene rings is 2. The highest BCUT2D eigenvalue weighted by Gasteiger charge is 2.13. The number of amides is 1. The van der Waals surface area contributed by atoms with Gasteiger partial charge in [-0.25, -0.2) is 0 Å². The lowest BCUT2D eigenvalue weighted by molar-refractivity contribution is -0.118. The first-order valence-electron chi connectivity index (χ1n) is 7.90. The summed E-state index contributed by atoms with van der Waals surface area (Å²) >= 11 is 0. The molecule has 0 atom stereocenters. The van der Waals surface area contributed by atoms with Gasteiger partial charge >= 0.3 is 0 Å². The van der Waals surface area contributed by atoms with Crippen LogP contribution in [0.3, 0.4) is 0 Å². The first kappa shape index (κ1) is 17.7. The fourth-order valence-electron chi connectivity index (χ4n) is 2.21. The smallest absolute Gasteiger partial charge is 0.262 e. The van der Waals surface area contributed by atoms with Crippen molar-refractivity contribution in [3.8, 4) is 5.75 Å². The summed E-state index contributed by atoms with van der Waals surface area (Å²) in [5.74, 6) is 0.340. The number of ketones is 1. The number of carbonyl (C=O) groups is 2. The lowest BCUT2D eigenvalue weighted by Crippen LogP contribution is -2.20. The molecule has 2 aromatic rings. The molecular formula is C20H23NO3. The lowest BCUT2D eigenvalue weighted by atomic mass is 9.87. The Kier molecular flexibility index (Phi) is 5.39. The fourth-order valence-corrected chi connectivity index (χ4v) is 2.21. The number of rotatable bonds is 5. The van der Waals surface area contributed by atoms with Gasteiger partial charge in [-0.15, -0.1) is 0 Å². The Balaban J connectivity index is 1.91. The second kappa shape index (κ2) is 7.30. The minimum Gasteiger partial charge on any atom is -0.484 e. The third-order valence-corrected chi connectivity index (χ3v) is 3.64.